The largest absolute Gasteiger partial charge is 0.478 e. The maximum atomic E-state index is 10.7. The van der Waals surface area contributed by atoms with Gasteiger partial charge in [-0.05, 0) is 28.7 Å². The second-order valence-electron chi connectivity index (χ2n) is 2.57. The topological polar surface area (TPSA) is 80.4 Å². The van der Waals surface area contributed by atoms with Gasteiger partial charge in [0.2, 0.25) is 6.54 Å². The first kappa shape index (κ1) is 10.9. The molecule has 0 aliphatic rings. The standard InChI is InChI=1S/C8H6INO4/c9-7-5(4-10(13)14)2-1-3-6(7)8(11)12/h1-3H,4H2,(H,11,12). The Hall–Kier alpha value is -1.18. The lowest BCUT2D eigenvalue weighted by Gasteiger charge is -2.02. The summed E-state index contributed by atoms with van der Waals surface area (Å²) in [6.07, 6.45) is 0. The van der Waals surface area contributed by atoms with Crippen molar-refractivity contribution in [2.24, 2.45) is 0 Å². The lowest BCUT2D eigenvalue weighted by atomic mass is 10.1. The Bertz CT molecular complexity index is 391. The van der Waals surface area contributed by atoms with Crippen molar-refractivity contribution in [1.29, 1.82) is 0 Å². The molecule has 0 aliphatic heterocycles. The maximum absolute atomic E-state index is 10.7. The number of rotatable bonds is 3. The van der Waals surface area contributed by atoms with Crippen molar-refractivity contribution in [2.75, 3.05) is 0 Å². The van der Waals surface area contributed by atoms with Gasteiger partial charge in [0.15, 0.2) is 0 Å². The molecule has 0 saturated carbocycles. The number of hydrogen-bond acceptors (Lipinski definition) is 3. The van der Waals surface area contributed by atoms with Crippen molar-refractivity contribution in [3.63, 3.8) is 0 Å². The van der Waals surface area contributed by atoms with E-state index in [-0.39, 0.29) is 12.1 Å². The summed E-state index contributed by atoms with van der Waals surface area (Å²) in [7, 11) is 0. The minimum Gasteiger partial charge on any atom is -0.478 e. The van der Waals surface area contributed by atoms with Gasteiger partial charge in [-0.15, -0.1) is 0 Å². The lowest BCUT2D eigenvalue weighted by Crippen LogP contribution is -2.06. The average molecular weight is 307 g/mol. The second-order valence-corrected chi connectivity index (χ2v) is 3.65. The molecule has 74 valence electrons. The van der Waals surface area contributed by atoms with E-state index in [1.54, 1.807) is 28.7 Å². The zero-order chi connectivity index (χ0) is 10.7. The van der Waals surface area contributed by atoms with E-state index < -0.39 is 10.9 Å². The van der Waals surface area contributed by atoms with Gasteiger partial charge in [-0.2, -0.15) is 0 Å². The number of carboxylic acids is 1. The number of aromatic carboxylic acids is 1. The highest BCUT2D eigenvalue weighted by atomic mass is 127. The van der Waals surface area contributed by atoms with Gasteiger partial charge in [-0.3, -0.25) is 10.1 Å². The number of hydrogen-bond donors (Lipinski definition) is 1. The quantitative estimate of drug-likeness (QED) is 0.524. The Morgan fingerprint density at radius 3 is 2.71 bits per heavy atom. The molecule has 1 aromatic rings. The molecule has 6 heteroatoms. The van der Waals surface area contributed by atoms with Crippen molar-refractivity contribution >= 4 is 28.6 Å². The van der Waals surface area contributed by atoms with Crippen LogP contribution in [0.15, 0.2) is 18.2 Å². The molecule has 0 aliphatic carbocycles. The van der Waals surface area contributed by atoms with E-state index in [0.717, 1.165) is 0 Å². The van der Waals surface area contributed by atoms with Crippen LogP contribution in [0.3, 0.4) is 0 Å². The highest BCUT2D eigenvalue weighted by Crippen LogP contribution is 2.18. The third-order valence-corrected chi connectivity index (χ3v) is 2.88. The molecular formula is C8H6INO4. The Morgan fingerprint density at radius 2 is 2.21 bits per heavy atom. The number of halogens is 1. The van der Waals surface area contributed by atoms with Crippen LogP contribution in [-0.2, 0) is 6.54 Å². The van der Waals surface area contributed by atoms with Gasteiger partial charge in [-0.1, -0.05) is 12.1 Å². The minimum atomic E-state index is -1.07. The molecule has 0 aromatic heterocycles. The summed E-state index contributed by atoms with van der Waals surface area (Å²) in [5.74, 6) is -1.07. The first-order valence-electron chi connectivity index (χ1n) is 3.65. The lowest BCUT2D eigenvalue weighted by molar-refractivity contribution is -0.497. The van der Waals surface area contributed by atoms with Crippen molar-refractivity contribution in [3.05, 3.63) is 43.0 Å². The van der Waals surface area contributed by atoms with Gasteiger partial charge in [0.05, 0.1) is 5.56 Å². The number of carboxylic acid groups (broad SMARTS) is 1. The zero-order valence-electron chi connectivity index (χ0n) is 6.94. The summed E-state index contributed by atoms with van der Waals surface area (Å²) < 4.78 is 0.425. The van der Waals surface area contributed by atoms with Crippen LogP contribution in [0.2, 0.25) is 0 Å². The van der Waals surface area contributed by atoms with E-state index >= 15 is 0 Å². The summed E-state index contributed by atoms with van der Waals surface area (Å²) in [6.45, 7) is -0.348. The fourth-order valence-corrected chi connectivity index (χ4v) is 1.77. The van der Waals surface area contributed by atoms with Gasteiger partial charge in [-0.25, -0.2) is 4.79 Å². The van der Waals surface area contributed by atoms with Crippen LogP contribution in [0, 0.1) is 13.7 Å². The van der Waals surface area contributed by atoms with Gasteiger partial charge in [0.25, 0.3) is 0 Å². The van der Waals surface area contributed by atoms with Crippen LogP contribution >= 0.6 is 22.6 Å². The molecule has 0 spiro atoms. The molecule has 1 N–H and O–H groups in total. The molecule has 5 nitrogen and oxygen atoms in total. The normalized spacial score (nSPS) is 9.79. The van der Waals surface area contributed by atoms with Crippen molar-refractivity contribution in [2.45, 2.75) is 6.54 Å². The first-order chi connectivity index (χ1) is 6.52. The Kier molecular flexibility index (Phi) is 3.39. The molecule has 1 rings (SSSR count). The van der Waals surface area contributed by atoms with Crippen LogP contribution in [0.1, 0.15) is 15.9 Å². The molecule has 0 heterocycles. The minimum absolute atomic E-state index is 0.102. The summed E-state index contributed by atoms with van der Waals surface area (Å²) >= 11 is 1.80. The van der Waals surface area contributed by atoms with Crippen molar-refractivity contribution in [1.82, 2.24) is 0 Å². The molecule has 0 atom stereocenters. The van der Waals surface area contributed by atoms with Crippen LogP contribution in [-0.4, -0.2) is 16.0 Å². The molecule has 0 radical (unpaired) electrons. The molecule has 0 fully saturated rings. The van der Waals surface area contributed by atoms with Gasteiger partial charge in [0.1, 0.15) is 0 Å². The zero-order valence-corrected chi connectivity index (χ0v) is 9.09. The van der Waals surface area contributed by atoms with Gasteiger partial charge < -0.3 is 5.11 Å². The van der Waals surface area contributed by atoms with Gasteiger partial charge in [0, 0.05) is 14.1 Å². The second kappa shape index (κ2) is 4.36. The average Bonchev–Trinajstić information content (AvgIpc) is 2.07. The fraction of sp³-hybridized carbons (Fsp3) is 0.125. The first-order valence-corrected chi connectivity index (χ1v) is 4.72. The molecule has 0 bridgehead atoms. The monoisotopic (exact) mass is 307 g/mol. The predicted molar refractivity (Wildman–Crippen MR) is 56.8 cm³/mol. The van der Waals surface area contributed by atoms with Crippen molar-refractivity contribution < 1.29 is 14.8 Å². The highest BCUT2D eigenvalue weighted by Gasteiger charge is 2.14. The Balaban J connectivity index is 3.13. The number of nitro groups is 1. The van der Waals surface area contributed by atoms with Crippen LogP contribution in [0.25, 0.3) is 0 Å². The molecule has 1 aromatic carbocycles. The summed E-state index contributed by atoms with van der Waals surface area (Å²) in [6, 6.07) is 4.48. The molecule has 0 unspecified atom stereocenters. The molecule has 0 amide bonds. The fourth-order valence-electron chi connectivity index (χ4n) is 1.01. The van der Waals surface area contributed by atoms with E-state index in [1.165, 1.54) is 12.1 Å². The maximum Gasteiger partial charge on any atom is 0.336 e. The van der Waals surface area contributed by atoms with Crippen molar-refractivity contribution in [3.8, 4) is 0 Å². The summed E-state index contributed by atoms with van der Waals surface area (Å²) in [5, 5.41) is 19.0. The Morgan fingerprint density at radius 1 is 1.57 bits per heavy atom. The van der Waals surface area contributed by atoms with E-state index in [4.69, 9.17) is 5.11 Å². The molecular weight excluding hydrogens is 301 g/mol. The van der Waals surface area contributed by atoms with Gasteiger partial charge >= 0.3 is 5.97 Å². The molecule has 14 heavy (non-hydrogen) atoms. The third kappa shape index (κ3) is 2.41. The highest BCUT2D eigenvalue weighted by molar-refractivity contribution is 14.1. The third-order valence-electron chi connectivity index (χ3n) is 1.61. The van der Waals surface area contributed by atoms with E-state index in [1.807, 2.05) is 0 Å². The molecule has 0 saturated heterocycles. The Labute approximate surface area is 93.0 Å². The van der Waals surface area contributed by atoms with E-state index in [9.17, 15) is 14.9 Å². The van der Waals surface area contributed by atoms with Crippen LogP contribution in [0.4, 0.5) is 0 Å². The smallest absolute Gasteiger partial charge is 0.336 e. The summed E-state index contributed by atoms with van der Waals surface area (Å²) in [5.41, 5.74) is 0.528. The number of carbonyl (C=O) groups is 1. The van der Waals surface area contributed by atoms with Crippen LogP contribution in [0.5, 0.6) is 0 Å². The van der Waals surface area contributed by atoms with Crippen LogP contribution < -0.4 is 0 Å². The SMILES string of the molecule is O=C(O)c1cccc(C[N+](=O)[O-])c1I. The number of nitrogens with zero attached hydrogens (tertiary/aromatic N) is 1. The van der Waals surface area contributed by atoms with E-state index in [0.29, 0.717) is 9.13 Å². The number of benzene rings is 1. The predicted octanol–water partition coefficient (Wildman–Crippen LogP) is 1.77. The summed E-state index contributed by atoms with van der Waals surface area (Å²) in [4.78, 5) is 20.5. The van der Waals surface area contributed by atoms with E-state index in [2.05, 4.69) is 0 Å².